The molecule has 6 nitrogen and oxygen atoms in total. The number of nitriles is 1. The normalized spacial score (nSPS) is 11.3. The van der Waals surface area contributed by atoms with Crippen molar-refractivity contribution in [3.05, 3.63) is 23.8 Å². The molecule has 1 aromatic carbocycles. The maximum Gasteiger partial charge on any atom is 0.201 e. The molecule has 18 heavy (non-hydrogen) atoms. The van der Waals surface area contributed by atoms with Crippen molar-refractivity contribution in [2.24, 2.45) is 0 Å². The number of rotatable bonds is 4. The van der Waals surface area contributed by atoms with Crippen LogP contribution >= 0.6 is 0 Å². The molecule has 0 unspecified atom stereocenters. The van der Waals surface area contributed by atoms with Gasteiger partial charge in [-0.3, -0.25) is 0 Å². The molecule has 0 radical (unpaired) electrons. The van der Waals surface area contributed by atoms with Crippen LogP contribution in [0.15, 0.2) is 18.2 Å². The minimum atomic E-state index is -2.99. The van der Waals surface area contributed by atoms with Crippen LogP contribution in [0.2, 0.25) is 0 Å². The first kappa shape index (κ1) is 12.4. The van der Waals surface area contributed by atoms with E-state index in [0.717, 1.165) is 5.52 Å². The van der Waals surface area contributed by atoms with Gasteiger partial charge in [0, 0.05) is 12.8 Å². The second-order valence-electron chi connectivity index (χ2n) is 3.96. The van der Waals surface area contributed by atoms with Crippen molar-refractivity contribution in [1.82, 2.24) is 9.97 Å². The summed E-state index contributed by atoms with van der Waals surface area (Å²) in [4.78, 5) is 7.21. The summed E-state index contributed by atoms with van der Waals surface area (Å²) in [5.41, 5.74) is 1.82. The van der Waals surface area contributed by atoms with Crippen LogP contribution in [0.5, 0.6) is 0 Å². The molecule has 1 heterocycles. The first-order valence-electron chi connectivity index (χ1n) is 5.30. The number of nitrogens with zero attached hydrogens (tertiary/aromatic N) is 2. The van der Waals surface area contributed by atoms with Crippen LogP contribution in [0.4, 0.5) is 5.95 Å². The second kappa shape index (κ2) is 4.66. The molecule has 2 rings (SSSR count). The number of aromatic amines is 1. The summed E-state index contributed by atoms with van der Waals surface area (Å²) in [7, 11) is -2.99. The van der Waals surface area contributed by atoms with E-state index >= 15 is 0 Å². The number of hydrogen-bond donors (Lipinski definition) is 2. The molecule has 2 N–H and O–H groups in total. The van der Waals surface area contributed by atoms with Crippen molar-refractivity contribution in [3.8, 4) is 6.07 Å². The SMILES string of the molecule is CS(=O)(=O)CCNc1nc2c(C#N)cccc2[nH]1. The van der Waals surface area contributed by atoms with Crippen molar-refractivity contribution in [2.45, 2.75) is 0 Å². The fourth-order valence-corrected chi connectivity index (χ4v) is 2.03. The molecule has 0 spiro atoms. The number of benzene rings is 1. The molecule has 0 amide bonds. The van der Waals surface area contributed by atoms with Crippen LogP contribution in [0.1, 0.15) is 5.56 Å². The predicted octanol–water partition coefficient (Wildman–Crippen LogP) is 0.891. The highest BCUT2D eigenvalue weighted by Crippen LogP contribution is 2.17. The van der Waals surface area contributed by atoms with Crippen LogP contribution in [-0.4, -0.2) is 36.9 Å². The van der Waals surface area contributed by atoms with Crippen LogP contribution in [0, 0.1) is 11.3 Å². The number of sulfone groups is 1. The number of fused-ring (bicyclic) bond motifs is 1. The lowest BCUT2D eigenvalue weighted by atomic mass is 10.2. The van der Waals surface area contributed by atoms with E-state index in [0.29, 0.717) is 17.0 Å². The predicted molar refractivity (Wildman–Crippen MR) is 69.0 cm³/mol. The average Bonchev–Trinajstić information content (AvgIpc) is 2.69. The van der Waals surface area contributed by atoms with Gasteiger partial charge in [0.05, 0.1) is 16.8 Å². The van der Waals surface area contributed by atoms with Gasteiger partial charge < -0.3 is 10.3 Å². The van der Waals surface area contributed by atoms with E-state index < -0.39 is 9.84 Å². The Labute approximate surface area is 105 Å². The molecule has 2 aromatic rings. The molecule has 0 fully saturated rings. The van der Waals surface area contributed by atoms with Gasteiger partial charge in [-0.15, -0.1) is 0 Å². The lowest BCUT2D eigenvalue weighted by molar-refractivity contribution is 0.602. The summed E-state index contributed by atoms with van der Waals surface area (Å²) >= 11 is 0. The molecule has 7 heteroatoms. The third kappa shape index (κ3) is 2.78. The van der Waals surface area contributed by atoms with Crippen molar-refractivity contribution in [3.63, 3.8) is 0 Å². The Morgan fingerprint density at radius 2 is 2.28 bits per heavy atom. The molecule has 0 atom stereocenters. The summed E-state index contributed by atoms with van der Waals surface area (Å²) in [6.07, 6.45) is 1.18. The first-order valence-corrected chi connectivity index (χ1v) is 7.36. The molecule has 0 aliphatic heterocycles. The van der Waals surface area contributed by atoms with Crippen molar-refractivity contribution < 1.29 is 8.42 Å². The topological polar surface area (TPSA) is 98.6 Å². The molecule has 0 aliphatic carbocycles. The zero-order chi connectivity index (χ0) is 13.2. The number of nitrogens with one attached hydrogen (secondary N) is 2. The second-order valence-corrected chi connectivity index (χ2v) is 6.22. The highest BCUT2D eigenvalue weighted by atomic mass is 32.2. The van der Waals surface area contributed by atoms with E-state index in [2.05, 4.69) is 21.4 Å². The number of aromatic nitrogens is 2. The number of H-pyrrole nitrogens is 1. The molecule has 0 bridgehead atoms. The minimum Gasteiger partial charge on any atom is -0.355 e. The maximum atomic E-state index is 11.0. The van der Waals surface area contributed by atoms with E-state index in [-0.39, 0.29) is 12.3 Å². The molecule has 0 saturated heterocycles. The van der Waals surface area contributed by atoms with Gasteiger partial charge in [0.25, 0.3) is 0 Å². The third-order valence-electron chi connectivity index (χ3n) is 2.40. The molecule has 1 aromatic heterocycles. The van der Waals surface area contributed by atoms with Crippen molar-refractivity contribution in [2.75, 3.05) is 23.9 Å². The largest absolute Gasteiger partial charge is 0.355 e. The first-order chi connectivity index (χ1) is 8.49. The monoisotopic (exact) mass is 264 g/mol. The van der Waals surface area contributed by atoms with Crippen LogP contribution in [-0.2, 0) is 9.84 Å². The Bertz CT molecular complexity index is 712. The fourth-order valence-electron chi connectivity index (χ4n) is 1.56. The highest BCUT2D eigenvalue weighted by molar-refractivity contribution is 7.90. The number of hydrogen-bond acceptors (Lipinski definition) is 5. The number of imidazole rings is 1. The van der Waals surface area contributed by atoms with Gasteiger partial charge in [0.2, 0.25) is 5.95 Å². The van der Waals surface area contributed by atoms with Gasteiger partial charge >= 0.3 is 0 Å². The Morgan fingerprint density at radius 3 is 2.94 bits per heavy atom. The van der Waals surface area contributed by atoms with E-state index in [9.17, 15) is 8.42 Å². The zero-order valence-corrected chi connectivity index (χ0v) is 10.6. The lowest BCUT2D eigenvalue weighted by Crippen LogP contribution is -2.14. The van der Waals surface area contributed by atoms with E-state index in [1.54, 1.807) is 12.1 Å². The van der Waals surface area contributed by atoms with Gasteiger partial charge in [-0.2, -0.15) is 5.26 Å². The molecule has 0 aliphatic rings. The summed E-state index contributed by atoms with van der Waals surface area (Å²) in [5, 5.41) is 11.8. The highest BCUT2D eigenvalue weighted by Gasteiger charge is 2.07. The summed E-state index contributed by atoms with van der Waals surface area (Å²) < 4.78 is 22.0. The molecule has 0 saturated carbocycles. The van der Waals surface area contributed by atoms with Gasteiger partial charge in [-0.25, -0.2) is 13.4 Å². The van der Waals surface area contributed by atoms with Gasteiger partial charge in [0.1, 0.15) is 21.4 Å². The summed E-state index contributed by atoms with van der Waals surface area (Å²) in [6.45, 7) is 0.278. The van der Waals surface area contributed by atoms with Crippen molar-refractivity contribution in [1.29, 1.82) is 5.26 Å². The average molecular weight is 264 g/mol. The Hall–Kier alpha value is -2.07. The molecular formula is C11H12N4O2S. The van der Waals surface area contributed by atoms with Gasteiger partial charge in [-0.1, -0.05) is 6.07 Å². The third-order valence-corrected chi connectivity index (χ3v) is 3.34. The fraction of sp³-hybridized carbons (Fsp3) is 0.273. The standard InChI is InChI=1S/C11H12N4O2S/c1-18(16,17)6-5-13-11-14-9-4-2-3-8(7-12)10(9)15-11/h2-4H,5-6H2,1H3,(H2,13,14,15). The summed E-state index contributed by atoms with van der Waals surface area (Å²) in [6, 6.07) is 7.32. The minimum absolute atomic E-state index is 0.0369. The van der Waals surface area contributed by atoms with Gasteiger partial charge in [-0.05, 0) is 12.1 Å². The van der Waals surface area contributed by atoms with E-state index in [1.165, 1.54) is 6.26 Å². The van der Waals surface area contributed by atoms with Crippen molar-refractivity contribution >= 4 is 26.8 Å². The smallest absolute Gasteiger partial charge is 0.201 e. The van der Waals surface area contributed by atoms with Crippen LogP contribution in [0.3, 0.4) is 0 Å². The number of para-hydroxylation sites is 1. The van der Waals surface area contributed by atoms with Gasteiger partial charge in [0.15, 0.2) is 0 Å². The quantitative estimate of drug-likeness (QED) is 0.854. The zero-order valence-electron chi connectivity index (χ0n) is 9.77. The Kier molecular flexibility index (Phi) is 3.21. The Morgan fingerprint density at radius 1 is 1.50 bits per heavy atom. The van der Waals surface area contributed by atoms with E-state index in [1.807, 2.05) is 6.07 Å². The lowest BCUT2D eigenvalue weighted by Gasteiger charge is -2.00. The maximum absolute atomic E-state index is 11.0. The van der Waals surface area contributed by atoms with E-state index in [4.69, 9.17) is 5.26 Å². The van der Waals surface area contributed by atoms with Crippen LogP contribution < -0.4 is 5.32 Å². The summed E-state index contributed by atoms with van der Waals surface area (Å²) in [5.74, 6) is 0.506. The number of anilines is 1. The molecule has 94 valence electrons. The molecular weight excluding hydrogens is 252 g/mol. The van der Waals surface area contributed by atoms with Crippen LogP contribution in [0.25, 0.3) is 11.0 Å². The Balaban J connectivity index is 2.19.